The second kappa shape index (κ2) is 11.2. The zero-order chi connectivity index (χ0) is 22.2. The van der Waals surface area contributed by atoms with Crippen LogP contribution < -0.4 is 9.47 Å². The Morgan fingerprint density at radius 1 is 0.938 bits per heavy atom. The molecule has 4 heteroatoms. The Bertz CT molecular complexity index is 961. The summed E-state index contributed by atoms with van der Waals surface area (Å²) in [7, 11) is 1.72. The van der Waals surface area contributed by atoms with Gasteiger partial charge in [-0.1, -0.05) is 61.0 Å². The molecule has 2 atom stereocenters. The Morgan fingerprint density at radius 3 is 2.44 bits per heavy atom. The lowest BCUT2D eigenvalue weighted by Crippen LogP contribution is -2.38. The van der Waals surface area contributed by atoms with E-state index in [2.05, 4.69) is 47.4 Å². The molecule has 0 amide bonds. The predicted molar refractivity (Wildman–Crippen MR) is 128 cm³/mol. The van der Waals surface area contributed by atoms with Crippen molar-refractivity contribution in [3.8, 4) is 11.5 Å². The number of aliphatic hydroxyl groups excluding tert-OH is 1. The van der Waals surface area contributed by atoms with Gasteiger partial charge in [-0.05, 0) is 60.2 Å². The number of fused-ring (bicyclic) bond motifs is 1. The molecule has 1 N–H and O–H groups in total. The van der Waals surface area contributed by atoms with Crippen LogP contribution in [0.2, 0.25) is 0 Å². The van der Waals surface area contributed by atoms with Crippen LogP contribution in [0.25, 0.3) is 0 Å². The molecular weight excluding hydrogens is 398 g/mol. The zero-order valence-electron chi connectivity index (χ0n) is 18.8. The van der Waals surface area contributed by atoms with Gasteiger partial charge in [0.1, 0.15) is 24.2 Å². The lowest BCUT2D eigenvalue weighted by molar-refractivity contribution is 0.0457. The van der Waals surface area contributed by atoms with E-state index >= 15 is 0 Å². The highest BCUT2D eigenvalue weighted by Gasteiger charge is 2.27. The molecular formula is C28H33NO3. The molecule has 0 saturated carbocycles. The fourth-order valence-electron chi connectivity index (χ4n) is 4.58. The third-order valence-electron chi connectivity index (χ3n) is 6.19. The third-order valence-corrected chi connectivity index (χ3v) is 6.19. The average Bonchev–Trinajstić information content (AvgIpc) is 3.05. The highest BCUT2D eigenvalue weighted by atomic mass is 16.5. The van der Waals surface area contributed by atoms with Gasteiger partial charge in [0.25, 0.3) is 0 Å². The lowest BCUT2D eigenvalue weighted by atomic mass is 9.96. The van der Waals surface area contributed by atoms with Gasteiger partial charge in [0.05, 0.1) is 7.11 Å². The van der Waals surface area contributed by atoms with Crippen LogP contribution in [-0.4, -0.2) is 36.4 Å². The molecule has 1 aliphatic rings. The molecule has 32 heavy (non-hydrogen) atoms. The highest BCUT2D eigenvalue weighted by molar-refractivity contribution is 5.39. The molecule has 1 aliphatic carbocycles. The van der Waals surface area contributed by atoms with E-state index in [0.717, 1.165) is 30.9 Å². The summed E-state index contributed by atoms with van der Waals surface area (Å²) in [4.78, 5) is 2.41. The van der Waals surface area contributed by atoms with Crippen LogP contribution in [-0.2, 0) is 13.0 Å². The standard InChI is InChI=1S/C28H33NO3/c1-31-26-17-16-23-12-8-9-15-28(27(23)18-26)29(19-22-10-4-2-5-11-22)20-24(30)21-32-25-13-6-3-7-14-25/h2-7,10-11,13-14,16-18,24,28,30H,8-9,12,15,19-21H2,1H3/t24-,28?/m0/s1. The van der Waals surface area contributed by atoms with Gasteiger partial charge in [0, 0.05) is 19.1 Å². The van der Waals surface area contributed by atoms with Crippen molar-refractivity contribution < 1.29 is 14.6 Å². The van der Waals surface area contributed by atoms with Crippen LogP contribution in [0.15, 0.2) is 78.9 Å². The number of benzene rings is 3. The SMILES string of the molecule is COc1ccc2c(c1)C(N(Cc1ccccc1)C[C@H](O)COc1ccccc1)CCCC2. The van der Waals surface area contributed by atoms with Gasteiger partial charge >= 0.3 is 0 Å². The number of hydrogen-bond acceptors (Lipinski definition) is 4. The summed E-state index contributed by atoms with van der Waals surface area (Å²) < 4.78 is 11.4. The molecule has 168 valence electrons. The minimum Gasteiger partial charge on any atom is -0.497 e. The van der Waals surface area contributed by atoms with Crippen LogP contribution in [0.1, 0.15) is 42.0 Å². The quantitative estimate of drug-likeness (QED) is 0.460. The Morgan fingerprint density at radius 2 is 1.69 bits per heavy atom. The van der Waals surface area contributed by atoms with E-state index in [1.165, 1.54) is 29.5 Å². The van der Waals surface area contributed by atoms with Gasteiger partial charge < -0.3 is 14.6 Å². The summed E-state index contributed by atoms with van der Waals surface area (Å²) >= 11 is 0. The van der Waals surface area contributed by atoms with E-state index in [1.54, 1.807) is 7.11 Å². The van der Waals surface area contributed by atoms with Gasteiger partial charge in [-0.25, -0.2) is 0 Å². The topological polar surface area (TPSA) is 41.9 Å². The molecule has 0 spiro atoms. The first kappa shape index (κ1) is 22.4. The van der Waals surface area contributed by atoms with Crippen LogP contribution in [0.5, 0.6) is 11.5 Å². The minimum atomic E-state index is -0.587. The van der Waals surface area contributed by atoms with E-state index in [1.807, 2.05) is 36.4 Å². The van der Waals surface area contributed by atoms with Gasteiger partial charge in [-0.15, -0.1) is 0 Å². The van der Waals surface area contributed by atoms with E-state index < -0.39 is 6.10 Å². The van der Waals surface area contributed by atoms with Crippen molar-refractivity contribution in [2.24, 2.45) is 0 Å². The normalized spacial score (nSPS) is 16.8. The van der Waals surface area contributed by atoms with Crippen molar-refractivity contribution in [1.29, 1.82) is 0 Å². The molecule has 0 heterocycles. The predicted octanol–water partition coefficient (Wildman–Crippen LogP) is 5.40. The van der Waals surface area contributed by atoms with Crippen molar-refractivity contribution in [3.63, 3.8) is 0 Å². The maximum atomic E-state index is 10.9. The molecule has 3 aromatic rings. The number of ether oxygens (including phenoxy) is 2. The first-order chi connectivity index (χ1) is 15.7. The number of rotatable bonds is 9. The zero-order valence-corrected chi connectivity index (χ0v) is 18.8. The van der Waals surface area contributed by atoms with Gasteiger partial charge in [-0.3, -0.25) is 4.90 Å². The second-order valence-electron chi connectivity index (χ2n) is 8.52. The van der Waals surface area contributed by atoms with Crippen molar-refractivity contribution in [2.45, 2.75) is 44.4 Å². The molecule has 3 aromatic carbocycles. The van der Waals surface area contributed by atoms with Crippen LogP contribution in [0.3, 0.4) is 0 Å². The van der Waals surface area contributed by atoms with Crippen LogP contribution >= 0.6 is 0 Å². The number of aliphatic hydroxyl groups is 1. The van der Waals surface area contributed by atoms with Crippen LogP contribution in [0, 0.1) is 0 Å². The van der Waals surface area contributed by atoms with Crippen molar-refractivity contribution in [2.75, 3.05) is 20.3 Å². The summed E-state index contributed by atoms with van der Waals surface area (Å²) in [5, 5.41) is 10.9. The largest absolute Gasteiger partial charge is 0.497 e. The van der Waals surface area contributed by atoms with Crippen molar-refractivity contribution in [1.82, 2.24) is 4.90 Å². The van der Waals surface area contributed by atoms with Gasteiger partial charge in [0.2, 0.25) is 0 Å². The molecule has 1 unspecified atom stereocenters. The maximum Gasteiger partial charge on any atom is 0.119 e. The number of para-hydroxylation sites is 1. The lowest BCUT2D eigenvalue weighted by Gasteiger charge is -2.34. The Balaban J connectivity index is 1.56. The smallest absolute Gasteiger partial charge is 0.119 e. The van der Waals surface area contributed by atoms with E-state index in [0.29, 0.717) is 6.54 Å². The first-order valence-corrected chi connectivity index (χ1v) is 11.5. The molecule has 0 saturated heterocycles. The fraction of sp³-hybridized carbons (Fsp3) is 0.357. The molecule has 0 bridgehead atoms. The van der Waals surface area contributed by atoms with Crippen molar-refractivity contribution in [3.05, 3.63) is 95.6 Å². The molecule has 0 aliphatic heterocycles. The van der Waals surface area contributed by atoms with E-state index in [4.69, 9.17) is 9.47 Å². The van der Waals surface area contributed by atoms with Crippen LogP contribution in [0.4, 0.5) is 0 Å². The van der Waals surface area contributed by atoms with Crippen molar-refractivity contribution >= 4 is 0 Å². The Hall–Kier alpha value is -2.82. The molecule has 4 nitrogen and oxygen atoms in total. The summed E-state index contributed by atoms with van der Waals surface area (Å²) in [5.41, 5.74) is 3.97. The molecule has 0 radical (unpaired) electrons. The molecule has 0 fully saturated rings. The molecule has 0 aromatic heterocycles. The van der Waals surface area contributed by atoms with E-state index in [-0.39, 0.29) is 12.6 Å². The summed E-state index contributed by atoms with van der Waals surface area (Å²) in [5.74, 6) is 1.67. The average molecular weight is 432 g/mol. The van der Waals surface area contributed by atoms with E-state index in [9.17, 15) is 5.11 Å². The first-order valence-electron chi connectivity index (χ1n) is 11.5. The Kier molecular flexibility index (Phi) is 7.81. The van der Waals surface area contributed by atoms with Gasteiger partial charge in [0.15, 0.2) is 0 Å². The third kappa shape index (κ3) is 5.90. The number of nitrogens with zero attached hydrogens (tertiary/aromatic N) is 1. The maximum absolute atomic E-state index is 10.9. The number of aryl methyl sites for hydroxylation is 1. The summed E-state index contributed by atoms with van der Waals surface area (Å²) in [6, 6.07) is 26.9. The Labute approximate surface area is 191 Å². The van der Waals surface area contributed by atoms with Gasteiger partial charge in [-0.2, -0.15) is 0 Å². The second-order valence-corrected chi connectivity index (χ2v) is 8.52. The monoisotopic (exact) mass is 431 g/mol. The minimum absolute atomic E-state index is 0.231. The highest BCUT2D eigenvalue weighted by Crippen LogP contribution is 2.36. The molecule has 4 rings (SSSR count). The summed E-state index contributed by atoms with van der Waals surface area (Å²) in [6.45, 7) is 1.60. The fourth-order valence-corrected chi connectivity index (χ4v) is 4.58. The summed E-state index contributed by atoms with van der Waals surface area (Å²) in [6.07, 6.45) is 3.93. The number of hydrogen-bond donors (Lipinski definition) is 1. The number of methoxy groups -OCH3 is 1.